The molecule has 2 fully saturated rings. The molecule has 0 unspecified atom stereocenters. The highest BCUT2D eigenvalue weighted by molar-refractivity contribution is 5.78. The Labute approximate surface area is 157 Å². The number of fused-ring (bicyclic) bond motifs is 2. The van der Waals surface area contributed by atoms with E-state index in [4.69, 9.17) is 0 Å². The van der Waals surface area contributed by atoms with Crippen molar-refractivity contribution in [3.05, 3.63) is 34.9 Å². The zero-order valence-electron chi connectivity index (χ0n) is 16.2. The van der Waals surface area contributed by atoms with Crippen LogP contribution in [-0.4, -0.2) is 54.5 Å². The minimum Gasteiger partial charge on any atom is -0.348 e. The van der Waals surface area contributed by atoms with Gasteiger partial charge in [-0.3, -0.25) is 14.6 Å². The highest BCUT2D eigenvalue weighted by Crippen LogP contribution is 2.25. The Morgan fingerprint density at radius 1 is 1.12 bits per heavy atom. The second-order valence-corrected chi connectivity index (χ2v) is 8.45. The van der Waals surface area contributed by atoms with E-state index < -0.39 is 0 Å². The molecule has 4 rings (SSSR count). The van der Waals surface area contributed by atoms with Crippen LogP contribution in [0.25, 0.3) is 0 Å². The monoisotopic (exact) mass is 355 g/mol. The maximum absolute atomic E-state index is 12.6. The third-order valence-corrected chi connectivity index (χ3v) is 6.50. The smallest absolute Gasteiger partial charge is 0.234 e. The van der Waals surface area contributed by atoms with Gasteiger partial charge in [-0.15, -0.1) is 0 Å². The van der Waals surface area contributed by atoms with E-state index in [1.165, 1.54) is 74.7 Å². The minimum absolute atomic E-state index is 0.0877. The van der Waals surface area contributed by atoms with Gasteiger partial charge in [-0.25, -0.2) is 0 Å². The summed E-state index contributed by atoms with van der Waals surface area (Å²) in [6.07, 6.45) is 8.81. The Morgan fingerprint density at radius 3 is 2.81 bits per heavy atom. The van der Waals surface area contributed by atoms with Gasteiger partial charge in [0, 0.05) is 12.6 Å². The molecule has 26 heavy (non-hydrogen) atoms. The maximum Gasteiger partial charge on any atom is 0.234 e. The van der Waals surface area contributed by atoms with Gasteiger partial charge in [-0.05, 0) is 88.2 Å². The van der Waals surface area contributed by atoms with Gasteiger partial charge in [0.15, 0.2) is 0 Å². The van der Waals surface area contributed by atoms with Crippen molar-refractivity contribution in [2.75, 3.05) is 32.7 Å². The molecule has 2 atom stereocenters. The summed E-state index contributed by atoms with van der Waals surface area (Å²) in [5.74, 6) is 0.168. The number of rotatable bonds is 4. The highest BCUT2D eigenvalue weighted by atomic mass is 16.2. The lowest BCUT2D eigenvalue weighted by Crippen LogP contribution is -2.42. The van der Waals surface area contributed by atoms with Gasteiger partial charge in [-0.2, -0.15) is 0 Å². The molecule has 142 valence electrons. The van der Waals surface area contributed by atoms with E-state index in [0.29, 0.717) is 12.6 Å². The summed E-state index contributed by atoms with van der Waals surface area (Å²) in [4.78, 5) is 17.6. The van der Waals surface area contributed by atoms with Crippen LogP contribution in [0.1, 0.15) is 61.8 Å². The van der Waals surface area contributed by atoms with E-state index in [9.17, 15) is 4.79 Å². The van der Waals surface area contributed by atoms with Gasteiger partial charge >= 0.3 is 0 Å². The molecule has 0 saturated carbocycles. The van der Waals surface area contributed by atoms with Gasteiger partial charge in [0.05, 0.1) is 12.6 Å². The van der Waals surface area contributed by atoms with E-state index in [-0.39, 0.29) is 11.9 Å². The molecular weight excluding hydrogens is 322 g/mol. The van der Waals surface area contributed by atoms with Crippen LogP contribution >= 0.6 is 0 Å². The van der Waals surface area contributed by atoms with Crippen molar-refractivity contribution in [1.29, 1.82) is 0 Å². The molecular formula is C22H33N3O. The average Bonchev–Trinajstić information content (AvgIpc) is 2.99. The summed E-state index contributed by atoms with van der Waals surface area (Å²) in [6, 6.07) is 7.56. The fourth-order valence-electron chi connectivity index (χ4n) is 5.02. The second-order valence-electron chi connectivity index (χ2n) is 8.45. The predicted molar refractivity (Wildman–Crippen MR) is 105 cm³/mol. The van der Waals surface area contributed by atoms with Crippen molar-refractivity contribution in [2.45, 2.75) is 64.0 Å². The summed E-state index contributed by atoms with van der Waals surface area (Å²) >= 11 is 0. The molecule has 1 aromatic carbocycles. The molecule has 0 aromatic heterocycles. The zero-order valence-corrected chi connectivity index (χ0v) is 16.2. The van der Waals surface area contributed by atoms with Crippen LogP contribution in [0.4, 0.5) is 0 Å². The van der Waals surface area contributed by atoms with Crippen LogP contribution < -0.4 is 5.32 Å². The molecule has 2 saturated heterocycles. The summed E-state index contributed by atoms with van der Waals surface area (Å²) in [5.41, 5.74) is 4.24. The van der Waals surface area contributed by atoms with Gasteiger partial charge in [-0.1, -0.05) is 18.2 Å². The Kier molecular flexibility index (Phi) is 5.60. The number of aryl methyl sites for hydroxylation is 2. The van der Waals surface area contributed by atoms with E-state index in [1.807, 2.05) is 0 Å². The Balaban J connectivity index is 1.32. The normalized spacial score (nSPS) is 25.2. The molecule has 2 aliphatic heterocycles. The van der Waals surface area contributed by atoms with Crippen LogP contribution in [0.2, 0.25) is 0 Å². The fraction of sp³-hybridized carbons (Fsp3) is 0.682. The standard InChI is InChI=1S/C22H33N3O/c1-17(19-10-9-18-6-2-3-7-20(18)14-19)23-22(26)16-24-11-5-13-25-12-4-8-21(25)15-24/h9-10,14,17,21H,2-8,11-13,15-16H2,1H3,(H,23,26)/t17-,21+/m1/s1. The summed E-state index contributed by atoms with van der Waals surface area (Å²) < 4.78 is 0. The number of hydrogen-bond donors (Lipinski definition) is 1. The SMILES string of the molecule is C[C@@H](NC(=O)CN1CCCN2CCC[C@H]2C1)c1ccc2c(c1)CCCC2. The van der Waals surface area contributed by atoms with E-state index in [1.54, 1.807) is 0 Å². The van der Waals surface area contributed by atoms with Crippen molar-refractivity contribution in [1.82, 2.24) is 15.1 Å². The number of amides is 1. The van der Waals surface area contributed by atoms with Crippen molar-refractivity contribution >= 4 is 5.91 Å². The molecule has 0 spiro atoms. The topological polar surface area (TPSA) is 35.6 Å². The molecule has 4 heteroatoms. The first kappa shape index (κ1) is 18.0. The van der Waals surface area contributed by atoms with Crippen molar-refractivity contribution < 1.29 is 4.79 Å². The molecule has 0 radical (unpaired) electrons. The fourth-order valence-corrected chi connectivity index (χ4v) is 5.02. The summed E-state index contributed by atoms with van der Waals surface area (Å²) in [5, 5.41) is 3.24. The van der Waals surface area contributed by atoms with Gasteiger partial charge in [0.1, 0.15) is 0 Å². The lowest BCUT2D eigenvalue weighted by molar-refractivity contribution is -0.122. The van der Waals surface area contributed by atoms with Crippen LogP contribution in [0.5, 0.6) is 0 Å². The van der Waals surface area contributed by atoms with Gasteiger partial charge < -0.3 is 5.32 Å². The number of carbonyl (C=O) groups is 1. The average molecular weight is 356 g/mol. The lowest BCUT2D eigenvalue weighted by Gasteiger charge is -2.26. The minimum atomic E-state index is 0.0877. The molecule has 1 N–H and O–H groups in total. The maximum atomic E-state index is 12.6. The molecule has 3 aliphatic rings. The zero-order chi connectivity index (χ0) is 17.9. The molecule has 4 nitrogen and oxygen atoms in total. The first-order valence-corrected chi connectivity index (χ1v) is 10.6. The van der Waals surface area contributed by atoms with Crippen molar-refractivity contribution in [3.63, 3.8) is 0 Å². The van der Waals surface area contributed by atoms with E-state index in [2.05, 4.69) is 40.2 Å². The van der Waals surface area contributed by atoms with Crippen molar-refractivity contribution in [3.8, 4) is 0 Å². The second kappa shape index (κ2) is 8.10. The summed E-state index contributed by atoms with van der Waals surface area (Å²) in [7, 11) is 0. The third kappa shape index (κ3) is 4.12. The first-order valence-electron chi connectivity index (χ1n) is 10.6. The van der Waals surface area contributed by atoms with Crippen LogP contribution in [0.15, 0.2) is 18.2 Å². The van der Waals surface area contributed by atoms with Crippen molar-refractivity contribution in [2.24, 2.45) is 0 Å². The molecule has 1 aromatic rings. The van der Waals surface area contributed by atoms with Crippen LogP contribution in [0.3, 0.4) is 0 Å². The van der Waals surface area contributed by atoms with Gasteiger partial charge in [0.25, 0.3) is 0 Å². The molecule has 0 bridgehead atoms. The van der Waals surface area contributed by atoms with Crippen LogP contribution in [0, 0.1) is 0 Å². The Morgan fingerprint density at radius 2 is 1.92 bits per heavy atom. The highest BCUT2D eigenvalue weighted by Gasteiger charge is 2.29. The first-order chi connectivity index (χ1) is 12.7. The number of hydrogen-bond acceptors (Lipinski definition) is 3. The predicted octanol–water partition coefficient (Wildman–Crippen LogP) is 2.91. The summed E-state index contributed by atoms with van der Waals surface area (Å²) in [6.45, 7) is 7.21. The number of carbonyl (C=O) groups excluding carboxylic acids is 1. The largest absolute Gasteiger partial charge is 0.348 e. The molecule has 1 amide bonds. The lowest BCUT2D eigenvalue weighted by atomic mass is 9.89. The Bertz CT molecular complexity index is 644. The Hall–Kier alpha value is -1.39. The number of nitrogens with one attached hydrogen (secondary N) is 1. The molecule has 2 heterocycles. The van der Waals surface area contributed by atoms with Gasteiger partial charge in [0.2, 0.25) is 5.91 Å². The number of nitrogens with zero attached hydrogens (tertiary/aromatic N) is 2. The van der Waals surface area contributed by atoms with E-state index >= 15 is 0 Å². The quantitative estimate of drug-likeness (QED) is 0.902. The van der Waals surface area contributed by atoms with E-state index in [0.717, 1.165) is 13.1 Å². The van der Waals surface area contributed by atoms with Crippen LogP contribution in [-0.2, 0) is 17.6 Å². The molecule has 1 aliphatic carbocycles. The number of benzene rings is 1. The third-order valence-electron chi connectivity index (χ3n) is 6.50.